The second kappa shape index (κ2) is 20.8. The summed E-state index contributed by atoms with van der Waals surface area (Å²) in [5.41, 5.74) is -0.578. The van der Waals surface area contributed by atoms with Gasteiger partial charge in [0.2, 0.25) is 0 Å². The van der Waals surface area contributed by atoms with Crippen LogP contribution in [0.3, 0.4) is 0 Å². The predicted octanol–water partition coefficient (Wildman–Crippen LogP) is 4.41. The minimum atomic E-state index is -1.97. The summed E-state index contributed by atoms with van der Waals surface area (Å²) in [7, 11) is 3.56. The lowest BCUT2D eigenvalue weighted by Gasteiger charge is -2.38. The van der Waals surface area contributed by atoms with Crippen LogP contribution in [-0.2, 0) is 23.8 Å². The Morgan fingerprint density at radius 1 is 0.942 bits per heavy atom. The quantitative estimate of drug-likeness (QED) is 0.167. The van der Waals surface area contributed by atoms with Gasteiger partial charge in [-0.2, -0.15) is 0 Å². The molecule has 0 aromatic heterocycles. The van der Waals surface area contributed by atoms with Crippen LogP contribution in [0.2, 0.25) is 0 Å². The van der Waals surface area contributed by atoms with Gasteiger partial charge in [-0.3, -0.25) is 24.4 Å². The summed E-state index contributed by atoms with van der Waals surface area (Å²) in [6.07, 6.45) is 6.79. The number of carbonyl (C=O) groups excluding carboxylic acids is 3. The van der Waals surface area contributed by atoms with Crippen molar-refractivity contribution in [1.82, 2.24) is 15.1 Å². The third-order valence-corrected chi connectivity index (χ3v) is 15.1. The number of Topliss-reactive ketones (excluding diaryl/α,β-unsaturated/α-hetero) is 1. The van der Waals surface area contributed by atoms with Gasteiger partial charge in [-0.1, -0.05) is 59.8 Å². The Kier molecular flexibility index (Phi) is 15.7. The van der Waals surface area contributed by atoms with Gasteiger partial charge in [0, 0.05) is 92.7 Å². The maximum Gasteiger partial charge on any atom is 0.320 e. The molecule has 6 aliphatic rings. The number of hydrogen-bond donors (Lipinski definition) is 6. The molecule has 0 aliphatic carbocycles. The number of anilines is 1. The van der Waals surface area contributed by atoms with E-state index in [-0.39, 0.29) is 68.0 Å². The molecule has 0 unspecified atom stereocenters. The lowest BCUT2D eigenvalue weighted by atomic mass is 9.78. The predicted molar refractivity (Wildman–Crippen MR) is 261 cm³/mol. The number of nitrogens with one attached hydrogen (secondary N) is 2. The molecule has 17 nitrogen and oxygen atoms in total. The normalized spacial score (nSPS) is 32.2. The van der Waals surface area contributed by atoms with Crippen molar-refractivity contribution in [3.63, 3.8) is 0 Å². The zero-order valence-electron chi connectivity index (χ0n) is 42.2. The summed E-state index contributed by atoms with van der Waals surface area (Å²) in [6.45, 7) is 20.2. The van der Waals surface area contributed by atoms with E-state index in [1.165, 1.54) is 20.3 Å². The first-order valence-corrected chi connectivity index (χ1v) is 24.6. The molecular weight excluding hydrogens is 885 g/mol. The molecule has 2 saturated heterocycles. The molecule has 2 fully saturated rings. The van der Waals surface area contributed by atoms with E-state index in [0.29, 0.717) is 31.8 Å². The van der Waals surface area contributed by atoms with Gasteiger partial charge >= 0.3 is 11.8 Å². The van der Waals surface area contributed by atoms with Gasteiger partial charge in [0.05, 0.1) is 47.4 Å². The van der Waals surface area contributed by atoms with E-state index < -0.39 is 82.9 Å². The molecule has 17 heteroatoms. The molecule has 6 N–H and O–H groups in total. The van der Waals surface area contributed by atoms with E-state index in [1.54, 1.807) is 58.9 Å². The molecule has 2 aromatic carbocycles. The number of methoxy groups -OCH3 is 1. The molecule has 6 aliphatic heterocycles. The van der Waals surface area contributed by atoms with Crippen LogP contribution in [0, 0.1) is 36.5 Å². The van der Waals surface area contributed by atoms with Gasteiger partial charge < -0.3 is 59.8 Å². The van der Waals surface area contributed by atoms with Crippen LogP contribution in [0.25, 0.3) is 10.8 Å². The van der Waals surface area contributed by atoms with Crippen molar-refractivity contribution < 1.29 is 53.8 Å². The lowest BCUT2D eigenvalue weighted by Crippen LogP contribution is -2.48. The van der Waals surface area contributed by atoms with Crippen LogP contribution < -0.4 is 26.1 Å². The van der Waals surface area contributed by atoms with Gasteiger partial charge in [0.1, 0.15) is 28.6 Å². The first kappa shape index (κ1) is 51.9. The molecule has 1 amide bonds. The Morgan fingerprint density at radius 2 is 1.61 bits per heavy atom. The van der Waals surface area contributed by atoms with E-state index >= 15 is 0 Å². The van der Waals surface area contributed by atoms with Gasteiger partial charge in [-0.05, 0) is 58.8 Å². The first-order chi connectivity index (χ1) is 32.6. The third kappa shape index (κ3) is 10.5. The molecule has 8 rings (SSSR count). The number of aromatic hydroxyl groups is 2. The summed E-state index contributed by atoms with van der Waals surface area (Å²) < 4.78 is 24.7. The average Bonchev–Trinajstić information content (AvgIpc) is 3.82. The molecule has 2 aromatic rings. The number of benzene rings is 2. The highest BCUT2D eigenvalue weighted by molar-refractivity contribution is 6.19. The van der Waals surface area contributed by atoms with Crippen LogP contribution in [0.1, 0.15) is 97.0 Å². The Balaban J connectivity index is 1.31. The Morgan fingerprint density at radius 3 is 2.26 bits per heavy atom. The highest BCUT2D eigenvalue weighted by Crippen LogP contribution is 2.50. The summed E-state index contributed by atoms with van der Waals surface area (Å²) in [6, 6.07) is 0.154. The van der Waals surface area contributed by atoms with Crippen molar-refractivity contribution in [2.24, 2.45) is 39.6 Å². The molecular formula is C52H74N6O11. The fraction of sp³-hybridized carbons (Fsp3) is 0.635. The summed E-state index contributed by atoms with van der Waals surface area (Å²) in [5, 5.41) is 54.3. The number of ether oxygens (including phenoxy) is 4. The number of piperidine rings is 2. The SMILES string of the molecule is CO[C@H]1/C=C/O[C@@]2(C)Oc3c(C)c(O)c4c(O)c(c5c(c4c3C2=O)=NC2(CCN(CC(C)C)CC2)N=5)NC(=O)/C(C)=C\C=C\[C@H](C)[C@H](O)[C@@H](C)[C@@H](O)[C@@H](C)[C@H](OC(=O)CNC2CCN(C)CC2)[C@@H]1C. The largest absolute Gasteiger partial charge is 0.507 e. The number of carbonyl (C=O) groups is 3. The number of esters is 1. The smallest absolute Gasteiger partial charge is 0.320 e. The maximum absolute atomic E-state index is 14.9. The third-order valence-electron chi connectivity index (χ3n) is 15.1. The highest BCUT2D eigenvalue weighted by Gasteiger charge is 2.50. The molecule has 0 radical (unpaired) electrons. The topological polar surface area (TPSA) is 224 Å². The molecule has 69 heavy (non-hydrogen) atoms. The number of nitrogens with zero attached hydrogens (tertiary/aromatic N) is 4. The van der Waals surface area contributed by atoms with E-state index in [1.807, 2.05) is 6.92 Å². The highest BCUT2D eigenvalue weighted by atomic mass is 16.7. The number of rotatable bonds is 7. The van der Waals surface area contributed by atoms with Crippen molar-refractivity contribution in [3.8, 4) is 17.2 Å². The number of ketones is 1. The van der Waals surface area contributed by atoms with E-state index in [9.17, 15) is 34.8 Å². The van der Waals surface area contributed by atoms with Crippen LogP contribution in [0.5, 0.6) is 17.2 Å². The van der Waals surface area contributed by atoms with Gasteiger partial charge in [0.15, 0.2) is 11.4 Å². The molecule has 1 spiro atoms. The Hall–Kier alpha value is -4.91. The van der Waals surface area contributed by atoms with Gasteiger partial charge in [-0.25, -0.2) is 0 Å². The number of amides is 1. The molecule has 9 atom stereocenters. The number of aliphatic hydroxyl groups excluding tert-OH is 2. The van der Waals surface area contributed by atoms with E-state index in [2.05, 4.69) is 41.3 Å². The summed E-state index contributed by atoms with van der Waals surface area (Å²) >= 11 is 0. The number of aliphatic hydroxyl groups is 2. The van der Waals surface area contributed by atoms with Gasteiger partial charge in [-0.15, -0.1) is 0 Å². The number of phenols is 2. The van der Waals surface area contributed by atoms with E-state index in [0.717, 1.165) is 32.5 Å². The standard InChI is InChI=1S/C52H74N6O11/c1-27(2)26-58-22-18-52(19-23-58)55-40-37-38-45(62)33(8)48-39(37)49(64)51(9,69-48)67-24-17-35(66-11)30(5)47(68-36(59)25-53-34-15-20-57(10)21-16-34)32(7)44(61)31(6)43(60)28(3)13-12-14-29(4)50(65)54-42(46(38)63)41(40)56-52/h12-14,17,24,27-28,30-32,34-35,43-44,47,53,60-63H,15-16,18-23,25-26H2,1-11H3,(H,54,65)/b13-12+,24-17+,29-14-/t28-,30+,31+,32+,35-,43-,44+,47+,51-/m0/s1. The molecule has 5 bridgehead atoms. The molecule has 0 saturated carbocycles. The van der Waals surface area contributed by atoms with Crippen molar-refractivity contribution in [2.75, 3.05) is 58.7 Å². The number of hydrogen-bond acceptors (Lipinski definition) is 16. The Bertz CT molecular complexity index is 2510. The van der Waals surface area contributed by atoms with Crippen molar-refractivity contribution >= 4 is 34.1 Å². The van der Waals surface area contributed by atoms with E-state index in [4.69, 9.17) is 28.9 Å². The van der Waals surface area contributed by atoms with Crippen LogP contribution in [-0.4, -0.2) is 143 Å². The summed E-state index contributed by atoms with van der Waals surface area (Å²) in [5.74, 6) is -6.50. The first-order valence-electron chi connectivity index (χ1n) is 24.6. The fourth-order valence-electron chi connectivity index (χ4n) is 10.6. The van der Waals surface area contributed by atoms with Crippen LogP contribution in [0.15, 0.2) is 46.1 Å². The van der Waals surface area contributed by atoms with Crippen LogP contribution >= 0.6 is 0 Å². The van der Waals surface area contributed by atoms with Crippen molar-refractivity contribution in [2.45, 2.75) is 130 Å². The average molecular weight is 959 g/mol. The minimum absolute atomic E-state index is 0.0362. The minimum Gasteiger partial charge on any atom is -0.507 e. The fourth-order valence-corrected chi connectivity index (χ4v) is 10.6. The zero-order chi connectivity index (χ0) is 50.3. The number of allylic oxidation sites excluding steroid dienone is 2. The monoisotopic (exact) mass is 959 g/mol. The number of fused-ring (bicyclic) bond motifs is 13. The molecule has 378 valence electrons. The summed E-state index contributed by atoms with van der Waals surface area (Å²) in [4.78, 5) is 57.5. The number of likely N-dealkylation sites (tertiary alicyclic amines) is 2. The number of phenolic OH excluding ortho intramolecular Hbond substituents is 2. The van der Waals surface area contributed by atoms with Crippen LogP contribution in [0.4, 0.5) is 5.69 Å². The van der Waals surface area contributed by atoms with Crippen molar-refractivity contribution in [1.29, 1.82) is 0 Å². The maximum atomic E-state index is 14.9. The van der Waals surface area contributed by atoms with Gasteiger partial charge in [0.25, 0.3) is 11.7 Å². The molecule has 6 heterocycles. The Labute approximate surface area is 405 Å². The van der Waals surface area contributed by atoms with Crippen molar-refractivity contribution in [3.05, 3.63) is 58.0 Å². The lowest BCUT2D eigenvalue weighted by molar-refractivity contribution is -0.162. The zero-order valence-corrected chi connectivity index (χ0v) is 42.2. The second-order valence-electron chi connectivity index (χ2n) is 20.8. The second-order valence-corrected chi connectivity index (χ2v) is 20.8.